The van der Waals surface area contributed by atoms with E-state index in [4.69, 9.17) is 0 Å². The van der Waals surface area contributed by atoms with Gasteiger partial charge in [0, 0.05) is 32.2 Å². The van der Waals surface area contributed by atoms with Gasteiger partial charge >= 0.3 is 5.69 Å². The van der Waals surface area contributed by atoms with Gasteiger partial charge < -0.3 is 9.67 Å². The predicted octanol–water partition coefficient (Wildman–Crippen LogP) is 0.733. The highest BCUT2D eigenvalue weighted by Crippen LogP contribution is 2.17. The molecule has 0 aliphatic heterocycles. The molecule has 0 unspecified atom stereocenters. The molecule has 0 aliphatic carbocycles. The van der Waals surface area contributed by atoms with Crippen LogP contribution in [-0.2, 0) is 14.1 Å². The molecule has 0 atom stereocenters. The molecule has 0 fully saturated rings. The zero-order valence-electron chi connectivity index (χ0n) is 11.1. The summed E-state index contributed by atoms with van der Waals surface area (Å²) in [7, 11) is 3.09. The van der Waals surface area contributed by atoms with Gasteiger partial charge in [-0.05, 0) is 24.3 Å². The number of phenols is 1. The van der Waals surface area contributed by atoms with Gasteiger partial charge in [-0.25, -0.2) is 4.79 Å². The van der Waals surface area contributed by atoms with E-state index in [9.17, 15) is 14.7 Å². The Kier molecular flexibility index (Phi) is 2.53. The SMILES string of the molecule is Cn1c(=O)c2cn(-c3ccc(O)cc3)cc2n(C)c1=O. The van der Waals surface area contributed by atoms with Crippen molar-refractivity contribution in [2.45, 2.75) is 0 Å². The zero-order valence-corrected chi connectivity index (χ0v) is 11.1. The number of aromatic nitrogens is 3. The first-order valence-corrected chi connectivity index (χ1v) is 6.06. The molecular weight excluding hydrogens is 258 g/mol. The van der Waals surface area contributed by atoms with Crippen LogP contribution in [0.5, 0.6) is 5.75 Å². The fraction of sp³-hybridized carbons (Fsp3) is 0.143. The largest absolute Gasteiger partial charge is 0.508 e. The Morgan fingerprint density at radius 2 is 1.60 bits per heavy atom. The first-order valence-electron chi connectivity index (χ1n) is 6.06. The number of hydrogen-bond acceptors (Lipinski definition) is 3. The van der Waals surface area contributed by atoms with Crippen LogP contribution < -0.4 is 11.2 Å². The van der Waals surface area contributed by atoms with Gasteiger partial charge in [-0.1, -0.05) is 0 Å². The lowest BCUT2D eigenvalue weighted by Crippen LogP contribution is -2.36. The summed E-state index contributed by atoms with van der Waals surface area (Å²) in [6.45, 7) is 0. The summed E-state index contributed by atoms with van der Waals surface area (Å²) in [5.41, 5.74) is 0.700. The van der Waals surface area contributed by atoms with Gasteiger partial charge in [-0.2, -0.15) is 0 Å². The topological polar surface area (TPSA) is 69.2 Å². The Hall–Kier alpha value is -2.76. The van der Waals surface area contributed by atoms with Crippen molar-refractivity contribution >= 4 is 10.9 Å². The molecule has 0 bridgehead atoms. The van der Waals surface area contributed by atoms with E-state index in [1.807, 2.05) is 0 Å². The van der Waals surface area contributed by atoms with Crippen molar-refractivity contribution in [1.82, 2.24) is 13.7 Å². The minimum absolute atomic E-state index is 0.175. The van der Waals surface area contributed by atoms with Crippen LogP contribution in [0.15, 0.2) is 46.2 Å². The van der Waals surface area contributed by atoms with Crippen LogP contribution in [0.3, 0.4) is 0 Å². The summed E-state index contributed by atoms with van der Waals surface area (Å²) in [5, 5.41) is 9.77. The van der Waals surface area contributed by atoms with Gasteiger partial charge in [0.2, 0.25) is 0 Å². The number of hydrogen-bond donors (Lipinski definition) is 1. The predicted molar refractivity (Wildman–Crippen MR) is 75.4 cm³/mol. The molecule has 102 valence electrons. The third kappa shape index (κ3) is 1.65. The van der Waals surface area contributed by atoms with E-state index in [0.29, 0.717) is 10.9 Å². The average molecular weight is 271 g/mol. The molecule has 2 heterocycles. The minimum atomic E-state index is -0.356. The molecule has 6 heteroatoms. The van der Waals surface area contributed by atoms with Crippen LogP contribution in [0.2, 0.25) is 0 Å². The number of rotatable bonds is 1. The average Bonchev–Trinajstić information content (AvgIpc) is 2.89. The lowest BCUT2D eigenvalue weighted by atomic mass is 10.3. The normalized spacial score (nSPS) is 11.1. The molecule has 3 aromatic rings. The van der Waals surface area contributed by atoms with E-state index < -0.39 is 0 Å². The first-order chi connectivity index (χ1) is 9.49. The van der Waals surface area contributed by atoms with Crippen LogP contribution in [0.25, 0.3) is 16.6 Å². The molecule has 0 amide bonds. The molecule has 2 aromatic heterocycles. The van der Waals surface area contributed by atoms with E-state index in [0.717, 1.165) is 10.3 Å². The molecule has 6 nitrogen and oxygen atoms in total. The van der Waals surface area contributed by atoms with Crippen LogP contribution in [0.1, 0.15) is 0 Å². The minimum Gasteiger partial charge on any atom is -0.508 e. The van der Waals surface area contributed by atoms with Crippen molar-refractivity contribution in [2.24, 2.45) is 14.1 Å². The molecule has 0 spiro atoms. The molecule has 1 N–H and O–H groups in total. The van der Waals surface area contributed by atoms with E-state index >= 15 is 0 Å². The van der Waals surface area contributed by atoms with Gasteiger partial charge in [0.1, 0.15) is 5.75 Å². The van der Waals surface area contributed by atoms with Gasteiger partial charge in [0.15, 0.2) is 0 Å². The Morgan fingerprint density at radius 1 is 0.950 bits per heavy atom. The van der Waals surface area contributed by atoms with Gasteiger partial charge in [0.25, 0.3) is 5.56 Å². The van der Waals surface area contributed by atoms with Crippen molar-refractivity contribution in [2.75, 3.05) is 0 Å². The summed E-state index contributed by atoms with van der Waals surface area (Å²) < 4.78 is 4.28. The Bertz CT molecular complexity index is 914. The molecule has 20 heavy (non-hydrogen) atoms. The van der Waals surface area contributed by atoms with Crippen molar-refractivity contribution in [1.29, 1.82) is 0 Å². The van der Waals surface area contributed by atoms with Crippen LogP contribution >= 0.6 is 0 Å². The monoisotopic (exact) mass is 271 g/mol. The molecule has 3 rings (SSSR count). The van der Waals surface area contributed by atoms with Gasteiger partial charge in [0.05, 0.1) is 10.9 Å². The van der Waals surface area contributed by atoms with Crippen molar-refractivity contribution in [3.05, 3.63) is 57.5 Å². The maximum absolute atomic E-state index is 12.1. The van der Waals surface area contributed by atoms with Crippen LogP contribution in [-0.4, -0.2) is 18.8 Å². The zero-order chi connectivity index (χ0) is 14.4. The first kappa shape index (κ1) is 12.3. The van der Waals surface area contributed by atoms with Gasteiger partial charge in [-0.3, -0.25) is 13.9 Å². The molecular formula is C14H13N3O3. The fourth-order valence-corrected chi connectivity index (χ4v) is 2.25. The number of fused-ring (bicyclic) bond motifs is 1. The third-order valence-electron chi connectivity index (χ3n) is 3.42. The number of aromatic hydroxyl groups is 1. The van der Waals surface area contributed by atoms with Crippen molar-refractivity contribution < 1.29 is 5.11 Å². The fourth-order valence-electron chi connectivity index (χ4n) is 2.25. The lowest BCUT2D eigenvalue weighted by molar-refractivity contribution is 0.475. The maximum Gasteiger partial charge on any atom is 0.330 e. The van der Waals surface area contributed by atoms with E-state index in [2.05, 4.69) is 0 Å². The lowest BCUT2D eigenvalue weighted by Gasteiger charge is -2.02. The molecule has 0 saturated carbocycles. The summed E-state index contributed by atoms with van der Waals surface area (Å²) in [6, 6.07) is 6.60. The maximum atomic E-state index is 12.1. The second-order valence-corrected chi connectivity index (χ2v) is 4.69. The second kappa shape index (κ2) is 4.12. The smallest absolute Gasteiger partial charge is 0.330 e. The highest BCUT2D eigenvalue weighted by Gasteiger charge is 2.11. The number of nitrogens with zero attached hydrogens (tertiary/aromatic N) is 3. The summed E-state index contributed by atoms with van der Waals surface area (Å²) in [4.78, 5) is 24.0. The van der Waals surface area contributed by atoms with E-state index in [-0.39, 0.29) is 17.0 Å². The second-order valence-electron chi connectivity index (χ2n) is 4.69. The summed E-state index contributed by atoms with van der Waals surface area (Å²) in [5.74, 6) is 0.175. The van der Waals surface area contributed by atoms with Crippen molar-refractivity contribution in [3.63, 3.8) is 0 Å². The van der Waals surface area contributed by atoms with Crippen molar-refractivity contribution in [3.8, 4) is 11.4 Å². The Balaban J connectivity index is 2.34. The molecule has 0 saturated heterocycles. The molecule has 0 radical (unpaired) electrons. The standard InChI is InChI=1S/C14H13N3O3/c1-15-12-8-17(9-3-5-10(18)6-4-9)7-11(12)13(19)16(2)14(15)20/h3-8,18H,1-2H3. The highest BCUT2D eigenvalue weighted by molar-refractivity contribution is 5.78. The highest BCUT2D eigenvalue weighted by atomic mass is 16.3. The molecule has 0 aliphatic rings. The quantitative estimate of drug-likeness (QED) is 0.709. The molecule has 1 aromatic carbocycles. The summed E-state index contributed by atoms with van der Waals surface area (Å²) in [6.07, 6.45) is 3.41. The van der Waals surface area contributed by atoms with Gasteiger partial charge in [-0.15, -0.1) is 0 Å². The summed E-state index contributed by atoms with van der Waals surface area (Å²) >= 11 is 0. The van der Waals surface area contributed by atoms with Crippen LogP contribution in [0.4, 0.5) is 0 Å². The third-order valence-corrected chi connectivity index (χ3v) is 3.42. The Labute approximate surface area is 113 Å². The number of aryl methyl sites for hydroxylation is 1. The van der Waals surface area contributed by atoms with Crippen LogP contribution in [0, 0.1) is 0 Å². The number of benzene rings is 1. The van der Waals surface area contributed by atoms with E-state index in [1.54, 1.807) is 48.3 Å². The Morgan fingerprint density at radius 3 is 2.25 bits per heavy atom. The van der Waals surface area contributed by atoms with E-state index in [1.165, 1.54) is 11.6 Å². The number of phenolic OH excluding ortho intramolecular Hbond substituents is 1.